The van der Waals surface area contributed by atoms with Crippen LogP contribution in [0.5, 0.6) is 0 Å². The molecule has 0 saturated carbocycles. The Labute approximate surface area is 164 Å². The van der Waals surface area contributed by atoms with Crippen molar-refractivity contribution in [3.63, 3.8) is 0 Å². The number of carbonyl (C=O) groups is 1. The molecule has 0 atom stereocenters. The summed E-state index contributed by atoms with van der Waals surface area (Å²) in [5.41, 5.74) is 3.98. The molecule has 0 spiro atoms. The summed E-state index contributed by atoms with van der Waals surface area (Å²) in [5.74, 6) is 2.03. The monoisotopic (exact) mass is 383 g/mol. The van der Waals surface area contributed by atoms with E-state index in [1.54, 1.807) is 6.07 Å². The van der Waals surface area contributed by atoms with Crippen LogP contribution < -0.4 is 5.32 Å². The second kappa shape index (κ2) is 9.47. The maximum absolute atomic E-state index is 12.4. The van der Waals surface area contributed by atoms with Crippen molar-refractivity contribution < 1.29 is 4.79 Å². The molecule has 2 heterocycles. The number of nitrogens with one attached hydrogen (secondary N) is 1. The van der Waals surface area contributed by atoms with E-state index in [1.165, 1.54) is 11.1 Å². The number of amides is 2. The third kappa shape index (κ3) is 5.51. The van der Waals surface area contributed by atoms with Crippen molar-refractivity contribution >= 4 is 17.8 Å². The zero-order chi connectivity index (χ0) is 19.1. The standard InChI is InChI=1S/C20H25N5OS/c1-16-5-2-6-17(11-16)15-27-10-3-7-22-20(26)24-8-4-9-25-19(14-24)12-18(13-21)23-25/h2,5-6,11-12H,3-4,7-10,14-15H2,1H3,(H,22,26). The fourth-order valence-corrected chi connectivity index (χ4v) is 4.07. The smallest absolute Gasteiger partial charge is 0.317 e. The van der Waals surface area contributed by atoms with Crippen molar-refractivity contribution in [1.29, 1.82) is 5.26 Å². The van der Waals surface area contributed by atoms with E-state index in [2.05, 4.69) is 47.7 Å². The van der Waals surface area contributed by atoms with Crippen molar-refractivity contribution in [3.05, 3.63) is 52.8 Å². The van der Waals surface area contributed by atoms with Crippen LogP contribution in [0.3, 0.4) is 0 Å². The van der Waals surface area contributed by atoms with Gasteiger partial charge in [-0.1, -0.05) is 29.8 Å². The average molecular weight is 384 g/mol. The van der Waals surface area contributed by atoms with Crippen LogP contribution in [0, 0.1) is 18.3 Å². The molecule has 2 aromatic rings. The molecule has 0 bridgehead atoms. The quantitative estimate of drug-likeness (QED) is 0.777. The second-order valence-electron chi connectivity index (χ2n) is 6.76. The maximum atomic E-state index is 12.4. The van der Waals surface area contributed by atoms with Gasteiger partial charge >= 0.3 is 6.03 Å². The van der Waals surface area contributed by atoms with E-state index in [4.69, 9.17) is 5.26 Å². The van der Waals surface area contributed by atoms with Gasteiger partial charge in [-0.15, -0.1) is 0 Å². The van der Waals surface area contributed by atoms with E-state index >= 15 is 0 Å². The first-order valence-electron chi connectivity index (χ1n) is 9.28. The molecule has 2 amide bonds. The third-order valence-electron chi connectivity index (χ3n) is 4.51. The number of aryl methyl sites for hydroxylation is 2. The molecular formula is C20H25N5OS. The van der Waals surface area contributed by atoms with Gasteiger partial charge in [-0.05, 0) is 37.1 Å². The lowest BCUT2D eigenvalue weighted by Gasteiger charge is -2.20. The Morgan fingerprint density at radius 1 is 1.37 bits per heavy atom. The topological polar surface area (TPSA) is 74.0 Å². The van der Waals surface area contributed by atoms with Crippen molar-refractivity contribution in [2.45, 2.75) is 38.6 Å². The molecule has 0 radical (unpaired) electrons. The van der Waals surface area contributed by atoms with Crippen molar-refractivity contribution in [3.8, 4) is 6.07 Å². The van der Waals surface area contributed by atoms with Crippen molar-refractivity contribution in [2.75, 3.05) is 18.8 Å². The molecule has 3 rings (SSSR count). The van der Waals surface area contributed by atoms with Gasteiger partial charge in [0.2, 0.25) is 0 Å². The molecule has 1 N–H and O–H groups in total. The molecular weight excluding hydrogens is 358 g/mol. The fourth-order valence-electron chi connectivity index (χ4n) is 3.16. The first-order chi connectivity index (χ1) is 13.2. The van der Waals surface area contributed by atoms with Crippen LogP contribution in [-0.2, 0) is 18.8 Å². The lowest BCUT2D eigenvalue weighted by Crippen LogP contribution is -2.40. The van der Waals surface area contributed by atoms with Crippen LogP contribution in [0.1, 0.15) is 35.4 Å². The van der Waals surface area contributed by atoms with Crippen LogP contribution in [-0.4, -0.2) is 39.6 Å². The number of rotatable bonds is 6. The molecule has 142 valence electrons. The Bertz CT molecular complexity index is 826. The number of aromatic nitrogens is 2. The number of fused-ring (bicyclic) bond motifs is 1. The lowest BCUT2D eigenvalue weighted by molar-refractivity contribution is 0.196. The first-order valence-corrected chi connectivity index (χ1v) is 10.4. The summed E-state index contributed by atoms with van der Waals surface area (Å²) in [6, 6.07) is 12.4. The van der Waals surface area contributed by atoms with E-state index in [1.807, 2.05) is 21.3 Å². The van der Waals surface area contributed by atoms with Gasteiger partial charge in [-0.3, -0.25) is 4.68 Å². The molecule has 7 heteroatoms. The van der Waals surface area contributed by atoms with E-state index in [0.717, 1.165) is 36.6 Å². The molecule has 27 heavy (non-hydrogen) atoms. The highest BCUT2D eigenvalue weighted by Crippen LogP contribution is 2.15. The summed E-state index contributed by atoms with van der Waals surface area (Å²) < 4.78 is 1.84. The van der Waals surface area contributed by atoms with Gasteiger partial charge in [-0.2, -0.15) is 22.1 Å². The first kappa shape index (κ1) is 19.3. The predicted molar refractivity (Wildman–Crippen MR) is 107 cm³/mol. The van der Waals surface area contributed by atoms with Gasteiger partial charge in [0.25, 0.3) is 0 Å². The highest BCUT2D eigenvalue weighted by atomic mass is 32.2. The van der Waals surface area contributed by atoms with E-state index in [9.17, 15) is 4.79 Å². The fraction of sp³-hybridized carbons (Fsp3) is 0.450. The molecule has 0 fully saturated rings. The zero-order valence-electron chi connectivity index (χ0n) is 15.6. The minimum absolute atomic E-state index is 0.0353. The van der Waals surface area contributed by atoms with Crippen LogP contribution in [0.15, 0.2) is 30.3 Å². The SMILES string of the molecule is Cc1cccc(CSCCCNC(=O)N2CCCn3nc(C#N)cc3C2)c1. The Hall–Kier alpha value is -2.46. The molecule has 1 aliphatic rings. The molecule has 1 aromatic carbocycles. The normalized spacial score (nSPS) is 13.6. The Balaban J connectivity index is 1.37. The molecule has 0 unspecified atom stereocenters. The number of benzene rings is 1. The largest absolute Gasteiger partial charge is 0.338 e. The van der Waals surface area contributed by atoms with Gasteiger partial charge in [0.1, 0.15) is 6.07 Å². The van der Waals surface area contributed by atoms with Gasteiger partial charge in [0.05, 0.1) is 12.2 Å². The van der Waals surface area contributed by atoms with Crippen LogP contribution in [0.4, 0.5) is 4.79 Å². The number of hydrogen-bond donors (Lipinski definition) is 1. The summed E-state index contributed by atoms with van der Waals surface area (Å²) >= 11 is 1.89. The van der Waals surface area contributed by atoms with E-state index < -0.39 is 0 Å². The number of carbonyl (C=O) groups excluding carboxylic acids is 1. The van der Waals surface area contributed by atoms with Crippen LogP contribution in [0.2, 0.25) is 0 Å². The Morgan fingerprint density at radius 3 is 3.07 bits per heavy atom. The van der Waals surface area contributed by atoms with Gasteiger partial charge < -0.3 is 10.2 Å². The van der Waals surface area contributed by atoms with Gasteiger partial charge in [0, 0.05) is 25.4 Å². The summed E-state index contributed by atoms with van der Waals surface area (Å²) in [7, 11) is 0. The highest BCUT2D eigenvalue weighted by molar-refractivity contribution is 7.98. The summed E-state index contributed by atoms with van der Waals surface area (Å²) in [5, 5.41) is 16.2. The number of hydrogen-bond acceptors (Lipinski definition) is 4. The van der Waals surface area contributed by atoms with Crippen LogP contribution in [0.25, 0.3) is 0 Å². The van der Waals surface area contributed by atoms with Gasteiger partial charge in [0.15, 0.2) is 5.69 Å². The molecule has 6 nitrogen and oxygen atoms in total. The highest BCUT2D eigenvalue weighted by Gasteiger charge is 2.20. The van der Waals surface area contributed by atoms with E-state index in [-0.39, 0.29) is 6.03 Å². The minimum Gasteiger partial charge on any atom is -0.338 e. The van der Waals surface area contributed by atoms with Gasteiger partial charge in [-0.25, -0.2) is 4.79 Å². The average Bonchev–Trinajstić information content (AvgIpc) is 2.95. The van der Waals surface area contributed by atoms with Crippen molar-refractivity contribution in [2.24, 2.45) is 0 Å². The number of urea groups is 1. The number of thioether (sulfide) groups is 1. The summed E-state index contributed by atoms with van der Waals surface area (Å²) in [4.78, 5) is 14.2. The number of nitriles is 1. The zero-order valence-corrected chi connectivity index (χ0v) is 16.5. The number of nitrogens with zero attached hydrogens (tertiary/aromatic N) is 4. The second-order valence-corrected chi connectivity index (χ2v) is 7.86. The summed E-state index contributed by atoms with van der Waals surface area (Å²) in [6.07, 6.45) is 1.80. The lowest BCUT2D eigenvalue weighted by atomic mass is 10.2. The Morgan fingerprint density at radius 2 is 2.26 bits per heavy atom. The molecule has 1 aliphatic heterocycles. The third-order valence-corrected chi connectivity index (χ3v) is 5.62. The summed E-state index contributed by atoms with van der Waals surface area (Å²) in [6.45, 7) is 4.75. The minimum atomic E-state index is -0.0353. The van der Waals surface area contributed by atoms with Crippen molar-refractivity contribution in [1.82, 2.24) is 20.0 Å². The van der Waals surface area contributed by atoms with Crippen LogP contribution >= 0.6 is 11.8 Å². The molecule has 0 aliphatic carbocycles. The molecule has 0 saturated heterocycles. The molecule has 1 aromatic heterocycles. The van der Waals surface area contributed by atoms with E-state index in [0.29, 0.717) is 25.3 Å². The Kier molecular flexibility index (Phi) is 6.77. The predicted octanol–water partition coefficient (Wildman–Crippen LogP) is 3.30. The maximum Gasteiger partial charge on any atom is 0.317 e.